The van der Waals surface area contributed by atoms with E-state index in [9.17, 15) is 0 Å². The van der Waals surface area contributed by atoms with E-state index in [2.05, 4.69) is 147 Å². The zero-order valence-corrected chi connectivity index (χ0v) is 20.0. The van der Waals surface area contributed by atoms with Crippen molar-refractivity contribution in [2.75, 3.05) is 0 Å². The summed E-state index contributed by atoms with van der Waals surface area (Å²) in [5.41, 5.74) is 10.1. The molecule has 5 aromatic rings. The van der Waals surface area contributed by atoms with Gasteiger partial charge in [-0.05, 0) is 34.5 Å². The molecule has 2 aliphatic rings. The van der Waals surface area contributed by atoms with Crippen LogP contribution in [0, 0.1) is 0 Å². The van der Waals surface area contributed by atoms with Crippen molar-refractivity contribution in [3.63, 3.8) is 0 Å². The molecular weight excluding hydrogens is 443 g/mol. The molecule has 2 nitrogen and oxygen atoms in total. The largest absolute Gasteiger partial charge is 0.446 e. The van der Waals surface area contributed by atoms with Crippen LogP contribution in [0.1, 0.15) is 11.3 Å². The fourth-order valence-corrected chi connectivity index (χ4v) is 6.69. The third-order valence-electron chi connectivity index (χ3n) is 7.39. The lowest BCUT2D eigenvalue weighted by Crippen LogP contribution is -2.73. The summed E-state index contributed by atoms with van der Waals surface area (Å²) in [4.78, 5) is 0. The third-order valence-corrected chi connectivity index (χ3v) is 8.08. The lowest BCUT2D eigenvalue weighted by molar-refractivity contribution is -0.322. The summed E-state index contributed by atoms with van der Waals surface area (Å²) in [6.07, 6.45) is 5.18. The Morgan fingerprint density at radius 1 is 0.629 bits per heavy atom. The van der Waals surface area contributed by atoms with Gasteiger partial charge in [-0.3, -0.25) is 0 Å². The van der Waals surface area contributed by atoms with Crippen LogP contribution in [0.4, 0.5) is 0 Å². The van der Waals surface area contributed by atoms with Gasteiger partial charge in [-0.1, -0.05) is 91.0 Å². The summed E-state index contributed by atoms with van der Waals surface area (Å²) < 4.78 is 5.14. The maximum Gasteiger partial charge on any atom is 0.435 e. The summed E-state index contributed by atoms with van der Waals surface area (Å²) >= 11 is 1.75. The van der Waals surface area contributed by atoms with E-state index in [0.29, 0.717) is 0 Å². The second kappa shape index (κ2) is 7.97. The summed E-state index contributed by atoms with van der Waals surface area (Å²) in [7, 11) is 0. The second-order valence-electron chi connectivity index (χ2n) is 9.13. The fraction of sp³-hybridized carbons (Fsp3) is 0. The molecule has 0 saturated carbocycles. The molecule has 0 bridgehead atoms. The number of hydrogen-bond donors (Lipinski definition) is 0. The van der Waals surface area contributed by atoms with Crippen LogP contribution >= 0.6 is 11.3 Å². The molecule has 2 aliphatic heterocycles. The Morgan fingerprint density at radius 3 is 1.89 bits per heavy atom. The molecule has 4 heteroatoms. The molecule has 35 heavy (non-hydrogen) atoms. The molecule has 7 rings (SSSR count). The highest BCUT2D eigenvalue weighted by molar-refractivity contribution is 7.08. The van der Waals surface area contributed by atoms with Crippen molar-refractivity contribution < 1.29 is 4.49 Å². The highest BCUT2D eigenvalue weighted by Crippen LogP contribution is 2.41. The normalized spacial score (nSPS) is 15.6. The Balaban J connectivity index is 1.68. The van der Waals surface area contributed by atoms with Gasteiger partial charge < -0.3 is 8.96 Å². The lowest BCUT2D eigenvalue weighted by atomic mass is 9.35. The minimum Gasteiger partial charge on any atom is -0.446 e. The molecule has 0 amide bonds. The van der Waals surface area contributed by atoms with Crippen molar-refractivity contribution in [2.24, 2.45) is 0 Å². The number of fused-ring (bicyclic) bond motifs is 2. The number of hydrogen-bond acceptors (Lipinski definition) is 1. The maximum absolute atomic E-state index is 2.61. The van der Waals surface area contributed by atoms with Crippen molar-refractivity contribution in [3.8, 4) is 11.3 Å². The first-order valence-corrected chi connectivity index (χ1v) is 12.9. The molecule has 3 aromatic carbocycles. The van der Waals surface area contributed by atoms with Crippen LogP contribution in [0.5, 0.6) is 0 Å². The van der Waals surface area contributed by atoms with Gasteiger partial charge in [0.25, 0.3) is 0 Å². The van der Waals surface area contributed by atoms with E-state index in [1.165, 1.54) is 44.7 Å². The zero-order valence-electron chi connectivity index (χ0n) is 19.2. The van der Waals surface area contributed by atoms with Crippen molar-refractivity contribution in [1.29, 1.82) is 0 Å². The van der Waals surface area contributed by atoms with Gasteiger partial charge in [-0.25, -0.2) is 0 Å². The SMILES string of the molecule is C1=CC2=C(c3ccsc3)c3ccc(-c4ccccc4)n3[B-](c3ccccc3)(c3ccccc3)[N+]2=C1. The van der Waals surface area contributed by atoms with Crippen LogP contribution < -0.4 is 10.9 Å². The predicted octanol–water partition coefficient (Wildman–Crippen LogP) is 5.75. The molecule has 0 aliphatic carbocycles. The predicted molar refractivity (Wildman–Crippen MR) is 149 cm³/mol. The average Bonchev–Trinajstić information content (AvgIpc) is 3.71. The molecule has 166 valence electrons. The van der Waals surface area contributed by atoms with E-state index >= 15 is 0 Å². The molecule has 0 radical (unpaired) electrons. The van der Waals surface area contributed by atoms with E-state index < -0.39 is 6.42 Å². The van der Waals surface area contributed by atoms with E-state index in [1.54, 1.807) is 11.3 Å². The smallest absolute Gasteiger partial charge is 0.435 e. The van der Waals surface area contributed by atoms with Gasteiger partial charge in [0, 0.05) is 29.1 Å². The van der Waals surface area contributed by atoms with Gasteiger partial charge in [0.1, 0.15) is 6.21 Å². The number of aromatic nitrogens is 1. The molecule has 0 unspecified atom stereocenters. The molecule has 4 heterocycles. The van der Waals surface area contributed by atoms with E-state index in [4.69, 9.17) is 0 Å². The van der Waals surface area contributed by atoms with Crippen LogP contribution in [0.25, 0.3) is 16.8 Å². The number of rotatable bonds is 4. The molecule has 0 N–H and O–H groups in total. The molecule has 0 spiro atoms. The first-order chi connectivity index (χ1) is 17.4. The highest BCUT2D eigenvalue weighted by atomic mass is 32.1. The van der Waals surface area contributed by atoms with Crippen LogP contribution in [0.15, 0.2) is 138 Å². The lowest BCUT2D eigenvalue weighted by Gasteiger charge is -2.45. The maximum atomic E-state index is 2.61. The Kier molecular flexibility index (Phi) is 4.61. The molecule has 0 fully saturated rings. The minimum atomic E-state index is -1.55. The number of benzene rings is 3. The van der Waals surface area contributed by atoms with Gasteiger partial charge in [-0.2, -0.15) is 11.3 Å². The number of nitrogens with zero attached hydrogens (tertiary/aromatic N) is 2. The van der Waals surface area contributed by atoms with E-state index in [0.717, 1.165) is 0 Å². The van der Waals surface area contributed by atoms with Gasteiger partial charge in [0.15, 0.2) is 5.70 Å². The monoisotopic (exact) mass is 466 g/mol. The van der Waals surface area contributed by atoms with E-state index in [1.807, 2.05) is 0 Å². The topological polar surface area (TPSA) is 7.94 Å². The standard InChI is InChI=1S/C31H23BN2S/c1-4-11-24(12-5-1)28-18-19-30-31(25-20-22-35-23-25)29-17-10-21-33(29)32(34(28)30,26-13-6-2-7-14-26)27-15-8-3-9-16-27/h1-23H. The van der Waals surface area contributed by atoms with Gasteiger partial charge in [0.2, 0.25) is 0 Å². The van der Waals surface area contributed by atoms with Crippen molar-refractivity contribution in [2.45, 2.75) is 0 Å². The molecule has 2 aromatic heterocycles. The van der Waals surface area contributed by atoms with Crippen LogP contribution in [0.2, 0.25) is 0 Å². The molecule has 0 atom stereocenters. The number of allylic oxidation sites excluding steroid dienone is 2. The molecule has 0 saturated heterocycles. The average molecular weight is 466 g/mol. The van der Waals surface area contributed by atoms with Crippen LogP contribution in [-0.4, -0.2) is 21.6 Å². The second-order valence-corrected chi connectivity index (χ2v) is 9.91. The zero-order chi connectivity index (χ0) is 23.2. The Morgan fingerprint density at radius 2 is 1.26 bits per heavy atom. The molecular formula is C31H23BN2S. The third kappa shape index (κ3) is 2.87. The first kappa shape index (κ1) is 20.2. The Hall–Kier alpha value is -4.15. The summed E-state index contributed by atoms with van der Waals surface area (Å²) in [5, 5.41) is 4.43. The Labute approximate surface area is 209 Å². The fourth-order valence-electron chi connectivity index (χ4n) is 6.04. The first-order valence-electron chi connectivity index (χ1n) is 12.0. The van der Waals surface area contributed by atoms with Crippen molar-refractivity contribution >= 4 is 40.5 Å². The van der Waals surface area contributed by atoms with Gasteiger partial charge in [0.05, 0.1) is 5.57 Å². The summed E-state index contributed by atoms with van der Waals surface area (Å²) in [6, 6.07) is 39.6. The van der Waals surface area contributed by atoms with E-state index in [-0.39, 0.29) is 0 Å². The Bertz CT molecular complexity index is 1570. The van der Waals surface area contributed by atoms with Gasteiger partial charge >= 0.3 is 6.42 Å². The quantitative estimate of drug-likeness (QED) is 0.298. The van der Waals surface area contributed by atoms with Crippen molar-refractivity contribution in [1.82, 2.24) is 4.48 Å². The minimum absolute atomic E-state index is 1.22. The number of thiophene rings is 1. The summed E-state index contributed by atoms with van der Waals surface area (Å²) in [5.74, 6) is 0. The van der Waals surface area contributed by atoms with Gasteiger partial charge in [-0.15, -0.1) is 10.9 Å². The van der Waals surface area contributed by atoms with Crippen LogP contribution in [0.3, 0.4) is 0 Å². The van der Waals surface area contributed by atoms with Crippen molar-refractivity contribution in [3.05, 3.63) is 149 Å². The summed E-state index contributed by atoms with van der Waals surface area (Å²) in [6.45, 7) is 0. The highest BCUT2D eigenvalue weighted by Gasteiger charge is 2.51. The van der Waals surface area contributed by atoms with Crippen LogP contribution in [-0.2, 0) is 0 Å².